The molecule has 2 aromatic carbocycles. The number of aromatic nitrogens is 3. The van der Waals surface area contributed by atoms with Gasteiger partial charge < -0.3 is 4.74 Å². The molecule has 0 aliphatic rings. The normalized spacial score (nSPS) is 14.7. The van der Waals surface area contributed by atoms with E-state index in [0.717, 1.165) is 12.1 Å². The van der Waals surface area contributed by atoms with Gasteiger partial charge in [-0.25, -0.2) is 0 Å². The predicted octanol–water partition coefficient (Wildman–Crippen LogP) is 5.92. The van der Waals surface area contributed by atoms with Gasteiger partial charge in [0.2, 0.25) is 0 Å². The van der Waals surface area contributed by atoms with Gasteiger partial charge in [0.25, 0.3) is 5.88 Å². The first kappa shape index (κ1) is 16.2. The van der Waals surface area contributed by atoms with Crippen LogP contribution >= 0.6 is 10.2 Å². The number of nitrogens with zero attached hydrogens (tertiary/aromatic N) is 2. The molecule has 10 heteroatoms. The lowest BCUT2D eigenvalue weighted by molar-refractivity contribution is 0.364. The fourth-order valence-electron chi connectivity index (χ4n) is 1.98. The summed E-state index contributed by atoms with van der Waals surface area (Å²) in [6, 6.07) is 9.09. The highest BCUT2D eigenvalue weighted by Crippen LogP contribution is 3.02. The molecule has 1 heterocycles. The summed E-state index contributed by atoms with van der Waals surface area (Å²) in [6.45, 7) is 0. The molecular weight excluding hydrogens is 353 g/mol. The van der Waals surface area contributed by atoms with Crippen LogP contribution in [0.15, 0.2) is 59.6 Å². The molecule has 128 valence electrons. The van der Waals surface area contributed by atoms with E-state index in [2.05, 4.69) is 15.4 Å². The Morgan fingerprint density at radius 3 is 1.79 bits per heavy atom. The highest BCUT2D eigenvalue weighted by atomic mass is 32.5. The van der Waals surface area contributed by atoms with Crippen molar-refractivity contribution in [2.24, 2.45) is 0 Å². The van der Waals surface area contributed by atoms with Gasteiger partial charge in [-0.05, 0) is 35.4 Å². The van der Waals surface area contributed by atoms with Crippen LogP contribution in [0, 0.1) is 0 Å². The molecule has 0 fully saturated rings. The first-order valence-electron chi connectivity index (χ1n) is 6.49. The number of H-pyrrole nitrogens is 1. The van der Waals surface area contributed by atoms with Crippen LogP contribution < -0.4 is 4.74 Å². The van der Waals surface area contributed by atoms with E-state index in [9.17, 15) is 19.4 Å². The van der Waals surface area contributed by atoms with Crippen molar-refractivity contribution in [2.45, 2.75) is 4.90 Å². The second-order valence-electron chi connectivity index (χ2n) is 4.93. The van der Waals surface area contributed by atoms with Gasteiger partial charge in [0.1, 0.15) is 16.8 Å². The molecule has 4 nitrogen and oxygen atoms in total. The summed E-state index contributed by atoms with van der Waals surface area (Å²) < 4.78 is 68.8. The maximum absolute atomic E-state index is 12.7. The fourth-order valence-corrected chi connectivity index (χ4v) is 2.63. The highest BCUT2D eigenvalue weighted by Gasteiger charge is 2.65. The molecular formula is C14H10F5N3OS. The Balaban J connectivity index is 1.82. The van der Waals surface area contributed by atoms with Crippen LogP contribution in [-0.2, 0) is 0 Å². The predicted molar refractivity (Wildman–Crippen MR) is 79.7 cm³/mol. The lowest BCUT2D eigenvalue weighted by Gasteiger charge is -2.40. The molecule has 0 aliphatic carbocycles. The molecule has 0 amide bonds. The minimum Gasteiger partial charge on any atom is -0.436 e. The van der Waals surface area contributed by atoms with E-state index < -0.39 is 15.1 Å². The molecule has 1 N–H and O–H groups in total. The van der Waals surface area contributed by atoms with Crippen molar-refractivity contribution < 1.29 is 24.2 Å². The van der Waals surface area contributed by atoms with Gasteiger partial charge in [-0.15, -0.1) is 5.10 Å². The SMILES string of the molecule is FS(F)(F)(F)(F)c1ccc(-c2ccc(Oc3cn[nH]n3)cc2)cc1. The van der Waals surface area contributed by atoms with Crippen molar-refractivity contribution in [2.75, 3.05) is 0 Å². The molecule has 0 aliphatic heterocycles. The maximum atomic E-state index is 12.7. The molecule has 0 saturated heterocycles. The standard InChI is InChI=1S/C14H10F5N3OS/c15-24(16,17,18,19)13-7-3-11(4-8-13)10-1-5-12(6-2-10)23-14-9-20-22-21-14/h1-9H,(H,20,21,22). The third-order valence-corrected chi connectivity index (χ3v) is 4.27. The molecule has 1 aromatic heterocycles. The van der Waals surface area contributed by atoms with Crippen molar-refractivity contribution in [3.05, 3.63) is 54.7 Å². The van der Waals surface area contributed by atoms with Crippen LogP contribution in [0.5, 0.6) is 11.6 Å². The third-order valence-electron chi connectivity index (χ3n) is 3.10. The molecule has 0 radical (unpaired) electrons. The highest BCUT2D eigenvalue weighted by molar-refractivity contribution is 8.45. The van der Waals surface area contributed by atoms with Gasteiger partial charge in [-0.3, -0.25) is 0 Å². The molecule has 0 saturated carbocycles. The zero-order chi connectivity index (χ0) is 17.5. The Hall–Kier alpha value is -2.62. The summed E-state index contributed by atoms with van der Waals surface area (Å²) in [6.07, 6.45) is 1.37. The lowest BCUT2D eigenvalue weighted by Crippen LogP contribution is -2.05. The second kappa shape index (κ2) is 4.69. The molecule has 24 heavy (non-hydrogen) atoms. The minimum atomic E-state index is -9.64. The number of aromatic amines is 1. The van der Waals surface area contributed by atoms with Crippen molar-refractivity contribution in [1.29, 1.82) is 0 Å². The van der Waals surface area contributed by atoms with Gasteiger partial charge in [-0.2, -0.15) is 10.3 Å². The number of nitrogens with one attached hydrogen (secondary N) is 1. The number of rotatable bonds is 4. The van der Waals surface area contributed by atoms with Crippen molar-refractivity contribution in [3.63, 3.8) is 0 Å². The average molecular weight is 363 g/mol. The Bertz CT molecular complexity index is 847. The average Bonchev–Trinajstić information content (AvgIpc) is 2.99. The van der Waals surface area contributed by atoms with Crippen LogP contribution in [0.2, 0.25) is 0 Å². The van der Waals surface area contributed by atoms with E-state index in [-0.39, 0.29) is 5.88 Å². The molecule has 3 rings (SSSR count). The van der Waals surface area contributed by atoms with Crippen LogP contribution in [-0.4, -0.2) is 15.4 Å². The topological polar surface area (TPSA) is 50.8 Å². The summed E-state index contributed by atoms with van der Waals surface area (Å²) in [5.74, 6) is 0.694. The molecule has 0 atom stereocenters. The van der Waals surface area contributed by atoms with E-state index in [1.54, 1.807) is 24.3 Å². The van der Waals surface area contributed by atoms with Gasteiger partial charge >= 0.3 is 10.2 Å². The van der Waals surface area contributed by atoms with Crippen molar-refractivity contribution in [1.82, 2.24) is 15.4 Å². The second-order valence-corrected chi connectivity index (χ2v) is 7.34. The summed E-state index contributed by atoms with van der Waals surface area (Å²) >= 11 is 0. The Morgan fingerprint density at radius 1 is 0.792 bits per heavy atom. The van der Waals surface area contributed by atoms with Gasteiger partial charge in [0.05, 0.1) is 0 Å². The summed E-state index contributed by atoms with van der Waals surface area (Å²) in [7, 11) is -9.64. The van der Waals surface area contributed by atoms with Crippen LogP contribution in [0.4, 0.5) is 19.4 Å². The monoisotopic (exact) mass is 363 g/mol. The smallest absolute Gasteiger partial charge is 0.310 e. The Morgan fingerprint density at radius 2 is 1.33 bits per heavy atom. The number of halogens is 5. The van der Waals surface area contributed by atoms with Gasteiger partial charge in [0, 0.05) is 0 Å². The number of benzene rings is 2. The van der Waals surface area contributed by atoms with Crippen molar-refractivity contribution >= 4 is 10.2 Å². The molecule has 0 unspecified atom stereocenters. The van der Waals surface area contributed by atoms with E-state index >= 15 is 0 Å². The first-order chi connectivity index (χ1) is 11.0. The van der Waals surface area contributed by atoms with Crippen LogP contribution in [0.1, 0.15) is 0 Å². The minimum absolute atomic E-state index is 0.253. The van der Waals surface area contributed by atoms with Crippen LogP contribution in [0.25, 0.3) is 11.1 Å². The fraction of sp³-hybridized carbons (Fsp3) is 0. The zero-order valence-corrected chi connectivity index (χ0v) is 12.6. The summed E-state index contributed by atoms with van der Waals surface area (Å²) in [5.41, 5.74) is 0.921. The Labute approximate surface area is 133 Å². The number of ether oxygens (including phenoxy) is 1. The Kier molecular flexibility index (Phi) is 3.18. The molecule has 0 bridgehead atoms. The van der Waals surface area contributed by atoms with Crippen LogP contribution in [0.3, 0.4) is 0 Å². The van der Waals surface area contributed by atoms with Gasteiger partial charge in [0.15, 0.2) is 0 Å². The first-order valence-corrected chi connectivity index (χ1v) is 8.45. The molecule has 3 aromatic rings. The van der Waals surface area contributed by atoms with E-state index in [1.807, 2.05) is 0 Å². The zero-order valence-electron chi connectivity index (χ0n) is 11.8. The lowest BCUT2D eigenvalue weighted by atomic mass is 10.1. The third kappa shape index (κ3) is 3.65. The van der Waals surface area contributed by atoms with E-state index in [0.29, 0.717) is 29.0 Å². The summed E-state index contributed by atoms with van der Waals surface area (Å²) in [5, 5.41) is 9.65. The van der Waals surface area contributed by atoms with E-state index in [4.69, 9.17) is 4.74 Å². The number of hydrogen-bond donors (Lipinski definition) is 1. The molecule has 0 spiro atoms. The number of hydrogen-bond acceptors (Lipinski definition) is 3. The van der Waals surface area contributed by atoms with Crippen molar-refractivity contribution in [3.8, 4) is 22.8 Å². The summed E-state index contributed by atoms with van der Waals surface area (Å²) in [4.78, 5) is -1.91. The van der Waals surface area contributed by atoms with E-state index in [1.165, 1.54) is 6.20 Å². The maximum Gasteiger partial charge on any atom is 0.310 e. The van der Waals surface area contributed by atoms with Gasteiger partial charge in [-0.1, -0.05) is 43.7 Å². The quantitative estimate of drug-likeness (QED) is 0.585. The largest absolute Gasteiger partial charge is 0.436 e.